The minimum Gasteiger partial charge on any atom is -0.484 e. The average Bonchev–Trinajstić information content (AvgIpc) is 2.51. The van der Waals surface area contributed by atoms with Crippen molar-refractivity contribution in [2.24, 2.45) is 0 Å². The molecule has 0 atom stereocenters. The van der Waals surface area contributed by atoms with Gasteiger partial charge in [0.25, 0.3) is 5.91 Å². The number of rotatable bonds is 7. The third-order valence-corrected chi connectivity index (χ3v) is 3.71. The molecule has 1 aromatic rings. The molecule has 0 aliphatic heterocycles. The van der Waals surface area contributed by atoms with Crippen molar-refractivity contribution >= 4 is 11.8 Å². The first-order valence-electron chi connectivity index (χ1n) is 7.70. The van der Waals surface area contributed by atoms with E-state index in [1.165, 1.54) is 5.56 Å². The van der Waals surface area contributed by atoms with Crippen molar-refractivity contribution in [3.05, 3.63) is 29.8 Å². The number of amides is 2. The number of carbonyl (C=O) groups excluding carboxylic acids is 2. The maximum absolute atomic E-state index is 11.5. The van der Waals surface area contributed by atoms with Crippen LogP contribution in [-0.2, 0) is 15.0 Å². The third kappa shape index (κ3) is 5.76. The second-order valence-corrected chi connectivity index (χ2v) is 5.90. The standard InChI is InChI=1S/C17H26N2O3/c1-5-7-15(20)18-19-16(21)12-22-14-10-8-13(9-11-14)17(3,4)6-2/h8-11H,5-7,12H2,1-4H3,(H,18,20)(H,19,21). The van der Waals surface area contributed by atoms with Gasteiger partial charge in [0, 0.05) is 6.42 Å². The molecule has 2 N–H and O–H groups in total. The van der Waals surface area contributed by atoms with Crippen LogP contribution >= 0.6 is 0 Å². The van der Waals surface area contributed by atoms with Gasteiger partial charge in [0.15, 0.2) is 6.61 Å². The molecular weight excluding hydrogens is 280 g/mol. The van der Waals surface area contributed by atoms with E-state index in [1.807, 2.05) is 31.2 Å². The van der Waals surface area contributed by atoms with Gasteiger partial charge in [-0.2, -0.15) is 0 Å². The largest absolute Gasteiger partial charge is 0.484 e. The van der Waals surface area contributed by atoms with E-state index < -0.39 is 0 Å². The molecule has 0 aliphatic rings. The van der Waals surface area contributed by atoms with E-state index in [-0.39, 0.29) is 23.8 Å². The lowest BCUT2D eigenvalue weighted by molar-refractivity contribution is -0.130. The second kappa shape index (κ2) is 8.41. The third-order valence-electron chi connectivity index (χ3n) is 3.71. The van der Waals surface area contributed by atoms with Crippen molar-refractivity contribution in [3.8, 4) is 5.75 Å². The first kappa shape index (κ1) is 18.0. The fraction of sp³-hybridized carbons (Fsp3) is 0.529. The highest BCUT2D eigenvalue weighted by molar-refractivity contribution is 5.82. The molecule has 5 heteroatoms. The van der Waals surface area contributed by atoms with Gasteiger partial charge in [0.2, 0.25) is 5.91 Å². The van der Waals surface area contributed by atoms with Crippen LogP contribution in [0.3, 0.4) is 0 Å². The molecule has 0 bridgehead atoms. The lowest BCUT2D eigenvalue weighted by atomic mass is 9.82. The summed E-state index contributed by atoms with van der Waals surface area (Å²) >= 11 is 0. The smallest absolute Gasteiger partial charge is 0.276 e. The summed E-state index contributed by atoms with van der Waals surface area (Å²) in [4.78, 5) is 22.8. The Labute approximate surface area is 132 Å². The summed E-state index contributed by atoms with van der Waals surface area (Å²) in [5.74, 6) is 0.0371. The van der Waals surface area contributed by atoms with Crippen molar-refractivity contribution < 1.29 is 14.3 Å². The van der Waals surface area contributed by atoms with Crippen LogP contribution in [0.5, 0.6) is 5.75 Å². The molecule has 1 rings (SSSR count). The van der Waals surface area contributed by atoms with Gasteiger partial charge in [0.05, 0.1) is 0 Å². The van der Waals surface area contributed by atoms with E-state index in [0.717, 1.165) is 12.8 Å². The fourth-order valence-electron chi connectivity index (χ4n) is 1.82. The normalized spacial score (nSPS) is 10.9. The summed E-state index contributed by atoms with van der Waals surface area (Å²) in [5, 5.41) is 0. The lowest BCUT2D eigenvalue weighted by Crippen LogP contribution is -2.43. The predicted octanol–water partition coefficient (Wildman–Crippen LogP) is 2.70. The summed E-state index contributed by atoms with van der Waals surface area (Å²) in [6.07, 6.45) is 2.17. The Kier molecular flexibility index (Phi) is 6.89. The first-order valence-corrected chi connectivity index (χ1v) is 7.70. The number of benzene rings is 1. The number of ether oxygens (including phenoxy) is 1. The molecule has 0 heterocycles. The zero-order valence-electron chi connectivity index (χ0n) is 13.9. The van der Waals surface area contributed by atoms with E-state index in [9.17, 15) is 9.59 Å². The minimum absolute atomic E-state index is 0.124. The second-order valence-electron chi connectivity index (χ2n) is 5.90. The van der Waals surface area contributed by atoms with Crippen LogP contribution in [0.15, 0.2) is 24.3 Å². The van der Waals surface area contributed by atoms with Crippen LogP contribution in [0.25, 0.3) is 0 Å². The van der Waals surface area contributed by atoms with Gasteiger partial charge in [-0.05, 0) is 36.0 Å². The SMILES string of the molecule is CCCC(=O)NNC(=O)COc1ccc(C(C)(C)CC)cc1. The zero-order valence-corrected chi connectivity index (χ0v) is 13.9. The molecule has 22 heavy (non-hydrogen) atoms. The highest BCUT2D eigenvalue weighted by atomic mass is 16.5. The molecule has 0 radical (unpaired) electrons. The summed E-state index contributed by atoms with van der Waals surface area (Å²) in [6, 6.07) is 7.74. The number of nitrogens with one attached hydrogen (secondary N) is 2. The molecule has 1 aromatic carbocycles. The molecule has 0 aromatic heterocycles. The summed E-state index contributed by atoms with van der Waals surface area (Å²) in [7, 11) is 0. The maximum atomic E-state index is 11.5. The van der Waals surface area contributed by atoms with Crippen LogP contribution in [0.1, 0.15) is 52.5 Å². The Bertz CT molecular complexity index is 495. The zero-order chi connectivity index (χ0) is 16.6. The summed E-state index contributed by atoms with van der Waals surface area (Å²) in [6.45, 7) is 8.29. The Morgan fingerprint density at radius 3 is 2.18 bits per heavy atom. The van der Waals surface area contributed by atoms with Gasteiger partial charge >= 0.3 is 0 Å². The van der Waals surface area contributed by atoms with Gasteiger partial charge in [-0.3, -0.25) is 20.4 Å². The number of hydrazine groups is 1. The minimum atomic E-state index is -0.387. The van der Waals surface area contributed by atoms with E-state index in [0.29, 0.717) is 12.2 Å². The van der Waals surface area contributed by atoms with Crippen LogP contribution in [0.2, 0.25) is 0 Å². The Morgan fingerprint density at radius 2 is 1.64 bits per heavy atom. The van der Waals surface area contributed by atoms with E-state index in [2.05, 4.69) is 31.6 Å². The molecule has 0 saturated heterocycles. The number of hydrogen-bond donors (Lipinski definition) is 2. The van der Waals surface area contributed by atoms with Crippen LogP contribution < -0.4 is 15.6 Å². The lowest BCUT2D eigenvalue weighted by Gasteiger charge is -2.23. The van der Waals surface area contributed by atoms with Crippen molar-refractivity contribution in [1.82, 2.24) is 10.9 Å². The van der Waals surface area contributed by atoms with Crippen molar-refractivity contribution in [1.29, 1.82) is 0 Å². The molecule has 0 unspecified atom stereocenters. The highest BCUT2D eigenvalue weighted by Crippen LogP contribution is 2.27. The maximum Gasteiger partial charge on any atom is 0.276 e. The molecule has 2 amide bonds. The quantitative estimate of drug-likeness (QED) is 0.761. The molecular formula is C17H26N2O3. The van der Waals surface area contributed by atoms with Crippen LogP contribution in [0, 0.1) is 0 Å². The molecule has 0 aliphatic carbocycles. The fourth-order valence-corrected chi connectivity index (χ4v) is 1.82. The van der Waals surface area contributed by atoms with Gasteiger partial charge in [-0.15, -0.1) is 0 Å². The monoisotopic (exact) mass is 306 g/mol. The van der Waals surface area contributed by atoms with Gasteiger partial charge in [-0.25, -0.2) is 0 Å². The van der Waals surface area contributed by atoms with Gasteiger partial charge in [-0.1, -0.05) is 39.8 Å². The molecule has 0 saturated carbocycles. The molecule has 122 valence electrons. The Morgan fingerprint density at radius 1 is 1.05 bits per heavy atom. The van der Waals surface area contributed by atoms with Gasteiger partial charge < -0.3 is 4.74 Å². The Balaban J connectivity index is 2.42. The number of hydrogen-bond acceptors (Lipinski definition) is 3. The van der Waals surface area contributed by atoms with E-state index in [1.54, 1.807) is 0 Å². The number of carbonyl (C=O) groups is 2. The van der Waals surface area contributed by atoms with E-state index >= 15 is 0 Å². The van der Waals surface area contributed by atoms with Crippen molar-refractivity contribution in [2.45, 2.75) is 52.4 Å². The average molecular weight is 306 g/mol. The van der Waals surface area contributed by atoms with Crippen LogP contribution in [0.4, 0.5) is 0 Å². The summed E-state index contributed by atoms with van der Waals surface area (Å²) < 4.78 is 5.40. The van der Waals surface area contributed by atoms with Gasteiger partial charge in [0.1, 0.15) is 5.75 Å². The summed E-state index contributed by atoms with van der Waals surface area (Å²) in [5.41, 5.74) is 6.02. The molecule has 0 fully saturated rings. The van der Waals surface area contributed by atoms with E-state index in [4.69, 9.17) is 4.74 Å². The van der Waals surface area contributed by atoms with Crippen molar-refractivity contribution in [3.63, 3.8) is 0 Å². The van der Waals surface area contributed by atoms with Crippen LogP contribution in [-0.4, -0.2) is 18.4 Å². The predicted molar refractivity (Wildman–Crippen MR) is 86.4 cm³/mol. The Hall–Kier alpha value is -2.04. The highest BCUT2D eigenvalue weighted by Gasteiger charge is 2.17. The molecule has 0 spiro atoms. The topological polar surface area (TPSA) is 67.4 Å². The molecule has 5 nitrogen and oxygen atoms in total. The van der Waals surface area contributed by atoms with Crippen molar-refractivity contribution in [2.75, 3.05) is 6.61 Å². The first-order chi connectivity index (χ1) is 10.4.